The van der Waals surface area contributed by atoms with Gasteiger partial charge in [-0.15, -0.1) is 0 Å². The molecular weight excluding hydrogens is 444 g/mol. The predicted molar refractivity (Wildman–Crippen MR) is 133 cm³/mol. The summed E-state index contributed by atoms with van der Waals surface area (Å²) in [5, 5.41) is 17.9. The molecule has 9 heteroatoms. The average molecular weight is 477 g/mol. The molecule has 3 aromatic rings. The molecular formula is C26H32N6O3. The molecule has 9 nitrogen and oxygen atoms in total. The van der Waals surface area contributed by atoms with Crippen molar-refractivity contribution in [2.24, 2.45) is 5.41 Å². The Bertz CT molecular complexity index is 1150. The van der Waals surface area contributed by atoms with E-state index in [0.717, 1.165) is 60.5 Å². The van der Waals surface area contributed by atoms with Gasteiger partial charge in [-0.1, -0.05) is 0 Å². The molecule has 2 saturated heterocycles. The van der Waals surface area contributed by atoms with Gasteiger partial charge in [0.15, 0.2) is 5.82 Å². The van der Waals surface area contributed by atoms with Gasteiger partial charge < -0.3 is 15.1 Å². The first-order chi connectivity index (χ1) is 17.1. The Morgan fingerprint density at radius 3 is 2.40 bits per heavy atom. The third-order valence-electron chi connectivity index (χ3n) is 7.90. The van der Waals surface area contributed by atoms with E-state index in [4.69, 9.17) is 19.9 Å². The van der Waals surface area contributed by atoms with Crippen LogP contribution in [0.1, 0.15) is 38.5 Å². The minimum Gasteiger partial charge on any atom is -0.483 e. The van der Waals surface area contributed by atoms with Crippen LogP contribution in [0.2, 0.25) is 0 Å². The highest BCUT2D eigenvalue weighted by molar-refractivity contribution is 5.90. The van der Waals surface area contributed by atoms with Crippen molar-refractivity contribution in [1.82, 2.24) is 24.8 Å². The maximum Gasteiger partial charge on any atom is 0.290 e. The highest BCUT2D eigenvalue weighted by atomic mass is 16.3. The SMILES string of the molecule is O=CO.O[C@@H]1CC[C@H](N2CCC3(CCN(c4nc(-c5ccncc5)nc5cnccc45)CC3)C2)C1. The fourth-order valence-electron chi connectivity index (χ4n) is 5.98. The molecule has 0 amide bonds. The van der Waals surface area contributed by atoms with Crippen LogP contribution in [0.4, 0.5) is 5.82 Å². The number of likely N-dealkylation sites (tertiary alicyclic amines) is 1. The quantitative estimate of drug-likeness (QED) is 0.550. The van der Waals surface area contributed by atoms with E-state index in [-0.39, 0.29) is 12.6 Å². The Balaban J connectivity index is 0.000000806. The molecule has 3 aromatic heterocycles. The fourth-order valence-corrected chi connectivity index (χ4v) is 5.98. The molecule has 0 unspecified atom stereocenters. The van der Waals surface area contributed by atoms with Crippen LogP contribution in [0, 0.1) is 5.41 Å². The Hall–Kier alpha value is -3.17. The monoisotopic (exact) mass is 476 g/mol. The molecule has 0 aromatic carbocycles. The summed E-state index contributed by atoms with van der Waals surface area (Å²) in [6, 6.07) is 6.54. The molecule has 5 heterocycles. The van der Waals surface area contributed by atoms with E-state index >= 15 is 0 Å². The van der Waals surface area contributed by atoms with Crippen molar-refractivity contribution in [1.29, 1.82) is 0 Å². The standard InChI is InChI=1S/C25H30N6O.CH2O2/c32-20-2-1-19(15-20)31-14-8-25(17-31)6-12-30(13-7-25)24-21-5-11-27-16-22(21)28-23(29-24)18-3-9-26-10-4-18;2-1-3/h3-5,9-11,16,19-20,32H,1-2,6-8,12-15,17H2;1H,(H,2,3)/t19-,20+;/m0./s1. The lowest BCUT2D eigenvalue weighted by Gasteiger charge is -2.40. The first kappa shape index (κ1) is 23.6. The number of fused-ring (bicyclic) bond motifs is 1. The van der Waals surface area contributed by atoms with E-state index in [9.17, 15) is 5.11 Å². The van der Waals surface area contributed by atoms with Crippen LogP contribution in [0.3, 0.4) is 0 Å². The Morgan fingerprint density at radius 2 is 1.69 bits per heavy atom. The second-order valence-corrected chi connectivity index (χ2v) is 9.93. The largest absolute Gasteiger partial charge is 0.483 e. The van der Waals surface area contributed by atoms with Crippen LogP contribution in [-0.4, -0.2) is 79.8 Å². The summed E-state index contributed by atoms with van der Waals surface area (Å²) in [4.78, 5) is 31.7. The number of piperidine rings is 1. The number of rotatable bonds is 3. The number of carbonyl (C=O) groups is 1. The summed E-state index contributed by atoms with van der Waals surface area (Å²) in [5.74, 6) is 1.75. The molecule has 0 radical (unpaired) electrons. The van der Waals surface area contributed by atoms with E-state index in [2.05, 4.69) is 19.8 Å². The maximum absolute atomic E-state index is 9.96. The topological polar surface area (TPSA) is 116 Å². The highest BCUT2D eigenvalue weighted by Gasteiger charge is 2.43. The number of aromatic nitrogens is 4. The van der Waals surface area contributed by atoms with E-state index in [0.29, 0.717) is 11.5 Å². The molecule has 3 fully saturated rings. The second kappa shape index (κ2) is 10.2. The molecule has 6 rings (SSSR count). The second-order valence-electron chi connectivity index (χ2n) is 9.93. The zero-order valence-electron chi connectivity index (χ0n) is 19.8. The Kier molecular flexibility index (Phi) is 6.88. The highest BCUT2D eigenvalue weighted by Crippen LogP contribution is 2.44. The molecule has 2 atom stereocenters. The molecule has 0 bridgehead atoms. The van der Waals surface area contributed by atoms with Crippen molar-refractivity contribution in [3.8, 4) is 11.4 Å². The van der Waals surface area contributed by atoms with Gasteiger partial charge in [-0.05, 0) is 68.7 Å². The molecule has 2 N–H and O–H groups in total. The summed E-state index contributed by atoms with van der Waals surface area (Å²) in [5.41, 5.74) is 2.28. The number of hydrogen-bond donors (Lipinski definition) is 2. The number of aliphatic hydroxyl groups is 1. The van der Waals surface area contributed by atoms with Crippen LogP contribution >= 0.6 is 0 Å². The van der Waals surface area contributed by atoms with Crippen molar-refractivity contribution in [2.75, 3.05) is 31.1 Å². The van der Waals surface area contributed by atoms with E-state index < -0.39 is 0 Å². The lowest BCUT2D eigenvalue weighted by atomic mass is 9.77. The van der Waals surface area contributed by atoms with Crippen molar-refractivity contribution >= 4 is 23.2 Å². The summed E-state index contributed by atoms with van der Waals surface area (Å²) < 4.78 is 0. The number of carboxylic acid groups (broad SMARTS) is 1. The number of hydrogen-bond acceptors (Lipinski definition) is 8. The van der Waals surface area contributed by atoms with Gasteiger partial charge in [0.2, 0.25) is 0 Å². The van der Waals surface area contributed by atoms with Crippen LogP contribution in [0.25, 0.3) is 22.3 Å². The van der Waals surface area contributed by atoms with Gasteiger partial charge in [-0.3, -0.25) is 19.7 Å². The van der Waals surface area contributed by atoms with Gasteiger partial charge in [-0.2, -0.15) is 0 Å². The summed E-state index contributed by atoms with van der Waals surface area (Å²) in [6.07, 6.45) is 13.9. The third-order valence-corrected chi connectivity index (χ3v) is 7.90. The molecule has 1 spiro atoms. The predicted octanol–water partition coefficient (Wildman–Crippen LogP) is 2.99. The molecule has 1 saturated carbocycles. The van der Waals surface area contributed by atoms with Gasteiger partial charge in [0, 0.05) is 55.2 Å². The molecule has 3 aliphatic rings. The van der Waals surface area contributed by atoms with Crippen LogP contribution in [0.5, 0.6) is 0 Å². The normalized spacial score (nSPS) is 23.9. The first-order valence-corrected chi connectivity index (χ1v) is 12.4. The van der Waals surface area contributed by atoms with Crippen LogP contribution < -0.4 is 4.90 Å². The minimum atomic E-state index is -0.250. The molecule has 1 aliphatic carbocycles. The lowest BCUT2D eigenvalue weighted by molar-refractivity contribution is -0.122. The third kappa shape index (κ3) is 4.97. The lowest BCUT2D eigenvalue weighted by Crippen LogP contribution is -2.43. The average Bonchev–Trinajstić information content (AvgIpc) is 3.51. The van der Waals surface area contributed by atoms with Crippen molar-refractivity contribution in [3.63, 3.8) is 0 Å². The van der Waals surface area contributed by atoms with Gasteiger partial charge >= 0.3 is 0 Å². The van der Waals surface area contributed by atoms with E-state index in [1.165, 1.54) is 32.4 Å². The Morgan fingerprint density at radius 1 is 0.971 bits per heavy atom. The molecule has 2 aliphatic heterocycles. The van der Waals surface area contributed by atoms with Crippen molar-refractivity contribution in [3.05, 3.63) is 43.0 Å². The van der Waals surface area contributed by atoms with Gasteiger partial charge in [0.25, 0.3) is 6.47 Å². The summed E-state index contributed by atoms with van der Waals surface area (Å²) in [6.45, 7) is 4.16. The van der Waals surface area contributed by atoms with Crippen LogP contribution in [0.15, 0.2) is 43.0 Å². The van der Waals surface area contributed by atoms with Gasteiger partial charge in [-0.25, -0.2) is 9.97 Å². The molecule has 184 valence electrons. The van der Waals surface area contributed by atoms with Crippen molar-refractivity contribution < 1.29 is 15.0 Å². The zero-order valence-corrected chi connectivity index (χ0v) is 19.8. The zero-order chi connectivity index (χ0) is 24.3. The molecule has 35 heavy (non-hydrogen) atoms. The Labute approximate surface area is 204 Å². The van der Waals surface area contributed by atoms with Crippen molar-refractivity contribution in [2.45, 2.75) is 50.7 Å². The summed E-state index contributed by atoms with van der Waals surface area (Å²) in [7, 11) is 0. The smallest absolute Gasteiger partial charge is 0.290 e. The number of nitrogens with zero attached hydrogens (tertiary/aromatic N) is 6. The summed E-state index contributed by atoms with van der Waals surface area (Å²) >= 11 is 0. The van der Waals surface area contributed by atoms with Gasteiger partial charge in [0.1, 0.15) is 5.82 Å². The van der Waals surface area contributed by atoms with Crippen LogP contribution in [-0.2, 0) is 4.79 Å². The number of aliphatic hydroxyl groups excluding tert-OH is 1. The first-order valence-electron chi connectivity index (χ1n) is 12.4. The number of pyridine rings is 2. The minimum absolute atomic E-state index is 0.0893. The fraction of sp³-hybridized carbons (Fsp3) is 0.500. The van der Waals surface area contributed by atoms with Gasteiger partial charge in [0.05, 0.1) is 17.8 Å². The van der Waals surface area contributed by atoms with E-state index in [1.54, 1.807) is 12.4 Å². The van der Waals surface area contributed by atoms with E-state index in [1.807, 2.05) is 30.6 Å². The maximum atomic E-state index is 9.96. The number of anilines is 1.